The van der Waals surface area contributed by atoms with E-state index in [0.717, 1.165) is 27.6 Å². The summed E-state index contributed by atoms with van der Waals surface area (Å²) >= 11 is 0. The van der Waals surface area contributed by atoms with E-state index in [4.69, 9.17) is 0 Å². The van der Waals surface area contributed by atoms with E-state index in [2.05, 4.69) is 24.3 Å². The van der Waals surface area contributed by atoms with Crippen LogP contribution in [-0.2, 0) is 4.79 Å². The predicted molar refractivity (Wildman–Crippen MR) is 101 cm³/mol. The lowest BCUT2D eigenvalue weighted by atomic mass is 9.92. The van der Waals surface area contributed by atoms with Gasteiger partial charge in [0.15, 0.2) is 5.78 Å². The lowest BCUT2D eigenvalue weighted by molar-refractivity contribution is -0.115. The van der Waals surface area contributed by atoms with Crippen LogP contribution in [0.25, 0.3) is 10.8 Å². The number of phenolic OH excluding ortho intramolecular Hbond substituents is 1. The van der Waals surface area contributed by atoms with Gasteiger partial charge < -0.3 is 10.0 Å². The third kappa shape index (κ3) is 2.78. The summed E-state index contributed by atoms with van der Waals surface area (Å²) in [4.78, 5) is 14.1. The Morgan fingerprint density at radius 2 is 1.84 bits per heavy atom. The van der Waals surface area contributed by atoms with Gasteiger partial charge >= 0.3 is 0 Å². The summed E-state index contributed by atoms with van der Waals surface area (Å²) < 4.78 is 0. The van der Waals surface area contributed by atoms with Crippen molar-refractivity contribution in [3.63, 3.8) is 0 Å². The number of nitrogens with zero attached hydrogens (tertiary/aromatic N) is 1. The van der Waals surface area contributed by atoms with Gasteiger partial charge in [-0.3, -0.25) is 4.79 Å². The number of ketones is 1. The van der Waals surface area contributed by atoms with Crippen LogP contribution in [0, 0.1) is 6.92 Å². The van der Waals surface area contributed by atoms with Crippen molar-refractivity contribution in [3.8, 4) is 5.75 Å². The molecule has 3 aromatic carbocycles. The van der Waals surface area contributed by atoms with Gasteiger partial charge in [0.1, 0.15) is 5.75 Å². The Kier molecular flexibility index (Phi) is 3.77. The minimum absolute atomic E-state index is 0.0985. The fourth-order valence-electron chi connectivity index (χ4n) is 3.51. The van der Waals surface area contributed by atoms with Gasteiger partial charge in [0, 0.05) is 12.6 Å². The molecule has 1 aliphatic heterocycles. The van der Waals surface area contributed by atoms with Crippen LogP contribution in [0.5, 0.6) is 5.75 Å². The highest BCUT2D eigenvalue weighted by molar-refractivity contribution is 5.94. The predicted octanol–water partition coefficient (Wildman–Crippen LogP) is 4.89. The molecule has 1 heterocycles. The number of rotatable bonds is 2. The minimum atomic E-state index is -0.142. The summed E-state index contributed by atoms with van der Waals surface area (Å²) in [5.74, 6) is 0.316. The summed E-state index contributed by atoms with van der Waals surface area (Å²) in [6, 6.07) is 19.8. The van der Waals surface area contributed by atoms with E-state index in [1.807, 2.05) is 42.2 Å². The second-order valence-corrected chi connectivity index (χ2v) is 6.47. The molecule has 0 unspecified atom stereocenters. The normalized spacial score (nSPS) is 17.2. The van der Waals surface area contributed by atoms with Gasteiger partial charge in [-0.1, -0.05) is 48.5 Å². The van der Waals surface area contributed by atoms with E-state index >= 15 is 0 Å². The van der Waals surface area contributed by atoms with E-state index in [1.165, 1.54) is 0 Å². The van der Waals surface area contributed by atoms with Crippen LogP contribution < -0.4 is 4.90 Å². The first-order chi connectivity index (χ1) is 12.1. The molecule has 3 nitrogen and oxygen atoms in total. The van der Waals surface area contributed by atoms with E-state index in [-0.39, 0.29) is 17.6 Å². The molecule has 0 spiro atoms. The molecule has 0 aliphatic carbocycles. The Morgan fingerprint density at radius 1 is 1.04 bits per heavy atom. The van der Waals surface area contributed by atoms with Crippen LogP contribution in [0.4, 0.5) is 5.69 Å². The molecular weight excluding hydrogens is 310 g/mol. The monoisotopic (exact) mass is 329 g/mol. The number of carbonyl (C=O) groups excluding carboxylic acids is 1. The molecule has 0 fully saturated rings. The molecule has 124 valence electrons. The summed E-state index contributed by atoms with van der Waals surface area (Å²) in [5, 5.41) is 12.7. The first-order valence-corrected chi connectivity index (χ1v) is 8.40. The lowest BCUT2D eigenvalue weighted by Gasteiger charge is -2.34. The molecule has 4 rings (SSSR count). The second kappa shape index (κ2) is 6.10. The van der Waals surface area contributed by atoms with Crippen molar-refractivity contribution in [2.24, 2.45) is 0 Å². The maximum Gasteiger partial charge on any atom is 0.159 e. The zero-order valence-corrected chi connectivity index (χ0v) is 14.0. The van der Waals surface area contributed by atoms with Crippen LogP contribution in [0.2, 0.25) is 0 Å². The van der Waals surface area contributed by atoms with Crippen LogP contribution >= 0.6 is 0 Å². The van der Waals surface area contributed by atoms with E-state index < -0.39 is 0 Å². The number of hydrogen-bond acceptors (Lipinski definition) is 3. The van der Waals surface area contributed by atoms with Gasteiger partial charge in [-0.25, -0.2) is 0 Å². The van der Waals surface area contributed by atoms with Crippen LogP contribution in [0.1, 0.15) is 23.6 Å². The number of aryl methyl sites for hydroxylation is 1. The molecule has 3 heteroatoms. The average molecular weight is 329 g/mol. The van der Waals surface area contributed by atoms with Gasteiger partial charge in [-0.2, -0.15) is 0 Å². The van der Waals surface area contributed by atoms with Gasteiger partial charge in [0.2, 0.25) is 0 Å². The van der Waals surface area contributed by atoms with Gasteiger partial charge in [-0.15, -0.1) is 0 Å². The molecule has 1 N–H and O–H groups in total. The fourth-order valence-corrected chi connectivity index (χ4v) is 3.51. The highest BCUT2D eigenvalue weighted by Crippen LogP contribution is 2.40. The molecule has 0 radical (unpaired) electrons. The zero-order chi connectivity index (χ0) is 17.4. The van der Waals surface area contributed by atoms with Gasteiger partial charge in [-0.05, 0) is 47.0 Å². The number of allylic oxidation sites excluding steroid dienone is 1. The largest absolute Gasteiger partial charge is 0.506 e. The minimum Gasteiger partial charge on any atom is -0.506 e. The van der Waals surface area contributed by atoms with Crippen molar-refractivity contribution in [1.29, 1.82) is 0 Å². The van der Waals surface area contributed by atoms with Crippen molar-refractivity contribution in [2.75, 3.05) is 4.90 Å². The summed E-state index contributed by atoms with van der Waals surface area (Å²) in [6.45, 7) is 1.99. The Hall–Kier alpha value is -3.07. The SMILES string of the molecule is Cc1ccc(O)c(N2C=CC(=O)C[C@H]2c2cccc3ccccc23)c1. The summed E-state index contributed by atoms with van der Waals surface area (Å²) in [5.41, 5.74) is 2.88. The van der Waals surface area contributed by atoms with Crippen molar-refractivity contribution < 1.29 is 9.90 Å². The van der Waals surface area contributed by atoms with Crippen molar-refractivity contribution in [3.05, 3.63) is 84.1 Å². The summed E-state index contributed by atoms with van der Waals surface area (Å²) in [6.07, 6.45) is 3.76. The molecule has 0 aromatic heterocycles. The molecule has 1 aliphatic rings. The van der Waals surface area contributed by atoms with E-state index in [9.17, 15) is 9.90 Å². The molecule has 3 aromatic rings. The molecule has 0 saturated heterocycles. The van der Waals surface area contributed by atoms with Crippen molar-refractivity contribution in [1.82, 2.24) is 0 Å². The Bertz CT molecular complexity index is 985. The van der Waals surface area contributed by atoms with Gasteiger partial charge in [0.05, 0.1) is 11.7 Å². The quantitative estimate of drug-likeness (QED) is 0.728. The van der Waals surface area contributed by atoms with Crippen LogP contribution in [0.3, 0.4) is 0 Å². The van der Waals surface area contributed by atoms with Gasteiger partial charge in [0.25, 0.3) is 0 Å². The molecule has 0 saturated carbocycles. The lowest BCUT2D eigenvalue weighted by Crippen LogP contribution is -2.29. The maximum absolute atomic E-state index is 12.1. The molecule has 0 amide bonds. The Balaban J connectivity index is 1.89. The number of aromatic hydroxyl groups is 1. The molecule has 25 heavy (non-hydrogen) atoms. The molecule has 0 bridgehead atoms. The number of anilines is 1. The van der Waals surface area contributed by atoms with E-state index in [0.29, 0.717) is 6.42 Å². The third-order valence-electron chi connectivity index (χ3n) is 4.74. The standard InChI is InChI=1S/C22H19NO2/c1-15-9-10-22(25)21(13-15)23-12-11-17(24)14-20(23)19-8-4-6-16-5-2-3-7-18(16)19/h2-13,20,25H,14H2,1H3/t20-/m0/s1. The zero-order valence-electron chi connectivity index (χ0n) is 14.0. The fraction of sp³-hybridized carbons (Fsp3) is 0.136. The maximum atomic E-state index is 12.1. The first-order valence-electron chi connectivity index (χ1n) is 8.40. The summed E-state index contributed by atoms with van der Waals surface area (Å²) in [7, 11) is 0. The van der Waals surface area contributed by atoms with Crippen LogP contribution in [0.15, 0.2) is 72.9 Å². The third-order valence-corrected chi connectivity index (χ3v) is 4.74. The molecular formula is C22H19NO2. The second-order valence-electron chi connectivity index (χ2n) is 6.47. The Labute approximate surface area is 146 Å². The number of carbonyl (C=O) groups is 1. The van der Waals surface area contributed by atoms with Crippen molar-refractivity contribution in [2.45, 2.75) is 19.4 Å². The van der Waals surface area contributed by atoms with E-state index in [1.54, 1.807) is 18.3 Å². The first kappa shape index (κ1) is 15.5. The molecule has 1 atom stereocenters. The number of hydrogen-bond donors (Lipinski definition) is 1. The number of fused-ring (bicyclic) bond motifs is 1. The Morgan fingerprint density at radius 3 is 2.72 bits per heavy atom. The number of benzene rings is 3. The average Bonchev–Trinajstić information content (AvgIpc) is 2.63. The highest BCUT2D eigenvalue weighted by Gasteiger charge is 2.28. The highest BCUT2D eigenvalue weighted by atomic mass is 16.3. The smallest absolute Gasteiger partial charge is 0.159 e. The van der Waals surface area contributed by atoms with Crippen LogP contribution in [-0.4, -0.2) is 10.9 Å². The van der Waals surface area contributed by atoms with Crippen molar-refractivity contribution >= 4 is 22.2 Å². The topological polar surface area (TPSA) is 40.5 Å². The number of phenols is 1.